The molecule has 0 saturated heterocycles. The number of benzene rings is 1. The Morgan fingerprint density at radius 1 is 1.14 bits per heavy atom. The highest BCUT2D eigenvalue weighted by Gasteiger charge is 2.23. The summed E-state index contributed by atoms with van der Waals surface area (Å²) in [6.07, 6.45) is 3.70. The number of aromatic nitrogens is 2. The first-order valence-corrected chi connectivity index (χ1v) is 6.73. The Bertz CT molecular complexity index is 644. The Morgan fingerprint density at radius 3 is 2.52 bits per heavy atom. The third-order valence-corrected chi connectivity index (χ3v) is 3.63. The second-order valence-electron chi connectivity index (χ2n) is 4.86. The molecule has 0 fully saturated rings. The summed E-state index contributed by atoms with van der Waals surface area (Å²) in [5, 5.41) is 0. The lowest BCUT2D eigenvalue weighted by atomic mass is 10.1. The number of ether oxygens (including phenoxy) is 2. The number of carbonyl (C=O) groups is 1. The minimum atomic E-state index is -0.0403. The first kappa shape index (κ1) is 13.5. The fraction of sp³-hybridized carbons (Fsp3) is 0.333. The van der Waals surface area contributed by atoms with Crippen LogP contribution in [0, 0.1) is 0 Å². The highest BCUT2D eigenvalue weighted by atomic mass is 16.5. The van der Waals surface area contributed by atoms with Gasteiger partial charge in [-0.1, -0.05) is 0 Å². The summed E-state index contributed by atoms with van der Waals surface area (Å²) >= 11 is 0. The molecule has 2 heterocycles. The van der Waals surface area contributed by atoms with Gasteiger partial charge in [-0.25, -0.2) is 4.98 Å². The van der Waals surface area contributed by atoms with Crippen LogP contribution in [0.25, 0.3) is 0 Å². The monoisotopic (exact) mass is 287 g/mol. The molecule has 1 aromatic carbocycles. The number of carbonyl (C=O) groups excluding carboxylic acids is 1. The zero-order chi connectivity index (χ0) is 14.8. The molecular formula is C15H17N3O3. The van der Waals surface area contributed by atoms with Crippen molar-refractivity contribution in [3.05, 3.63) is 42.0 Å². The summed E-state index contributed by atoms with van der Waals surface area (Å²) in [5.74, 6) is 2.08. The van der Waals surface area contributed by atoms with Gasteiger partial charge in [-0.3, -0.25) is 4.79 Å². The highest BCUT2D eigenvalue weighted by Crippen LogP contribution is 2.24. The van der Waals surface area contributed by atoms with E-state index in [0.717, 1.165) is 12.4 Å². The first-order valence-electron chi connectivity index (χ1n) is 6.73. The van der Waals surface area contributed by atoms with Crippen LogP contribution < -0.4 is 9.47 Å². The number of rotatable bonds is 3. The van der Waals surface area contributed by atoms with Gasteiger partial charge in [0.2, 0.25) is 0 Å². The maximum absolute atomic E-state index is 12.6. The minimum Gasteiger partial charge on any atom is -0.497 e. The van der Waals surface area contributed by atoms with Gasteiger partial charge in [0, 0.05) is 37.1 Å². The molecule has 21 heavy (non-hydrogen) atoms. The van der Waals surface area contributed by atoms with Crippen LogP contribution in [0.5, 0.6) is 11.5 Å². The van der Waals surface area contributed by atoms with E-state index in [4.69, 9.17) is 9.47 Å². The second kappa shape index (κ2) is 5.47. The predicted molar refractivity (Wildman–Crippen MR) is 76.5 cm³/mol. The van der Waals surface area contributed by atoms with Gasteiger partial charge in [0.15, 0.2) is 0 Å². The molecule has 0 unspecified atom stereocenters. The third kappa shape index (κ3) is 2.56. The lowest BCUT2D eigenvalue weighted by molar-refractivity contribution is 0.0707. The van der Waals surface area contributed by atoms with Crippen LogP contribution in [0.1, 0.15) is 16.2 Å². The van der Waals surface area contributed by atoms with Crippen molar-refractivity contribution in [1.29, 1.82) is 0 Å². The fourth-order valence-electron chi connectivity index (χ4n) is 2.46. The maximum Gasteiger partial charge on any atom is 0.254 e. The van der Waals surface area contributed by atoms with E-state index in [1.165, 1.54) is 0 Å². The van der Waals surface area contributed by atoms with E-state index >= 15 is 0 Å². The Kier molecular flexibility index (Phi) is 3.51. The molecule has 110 valence electrons. The van der Waals surface area contributed by atoms with E-state index in [9.17, 15) is 4.79 Å². The van der Waals surface area contributed by atoms with Crippen molar-refractivity contribution in [2.24, 2.45) is 0 Å². The van der Waals surface area contributed by atoms with Crippen molar-refractivity contribution in [1.82, 2.24) is 14.5 Å². The Labute approximate surface area is 122 Å². The van der Waals surface area contributed by atoms with Crippen molar-refractivity contribution >= 4 is 5.91 Å². The van der Waals surface area contributed by atoms with E-state index < -0.39 is 0 Å². The largest absolute Gasteiger partial charge is 0.497 e. The molecule has 6 nitrogen and oxygen atoms in total. The van der Waals surface area contributed by atoms with E-state index in [1.807, 2.05) is 6.20 Å². The van der Waals surface area contributed by atoms with Gasteiger partial charge in [0.05, 0.1) is 20.8 Å². The summed E-state index contributed by atoms with van der Waals surface area (Å²) in [6.45, 7) is 1.95. The van der Waals surface area contributed by atoms with E-state index in [1.54, 1.807) is 43.5 Å². The van der Waals surface area contributed by atoms with Crippen molar-refractivity contribution in [3.8, 4) is 11.5 Å². The van der Waals surface area contributed by atoms with Crippen molar-refractivity contribution in [2.45, 2.75) is 13.1 Å². The first-order chi connectivity index (χ1) is 10.2. The Hall–Kier alpha value is -2.50. The number of hydrogen-bond donors (Lipinski definition) is 0. The normalized spacial score (nSPS) is 13.7. The van der Waals surface area contributed by atoms with Gasteiger partial charge in [-0.05, 0) is 12.1 Å². The molecule has 0 spiro atoms. The molecule has 0 atom stereocenters. The van der Waals surface area contributed by atoms with Gasteiger partial charge in [0.25, 0.3) is 5.91 Å². The SMILES string of the molecule is COc1cc(OC)cc(C(=O)N2CCn3ccnc3C2)c1. The zero-order valence-corrected chi connectivity index (χ0v) is 12.1. The van der Waals surface area contributed by atoms with Gasteiger partial charge >= 0.3 is 0 Å². The molecule has 3 rings (SSSR count). The van der Waals surface area contributed by atoms with Gasteiger partial charge in [-0.15, -0.1) is 0 Å². The van der Waals surface area contributed by atoms with Gasteiger partial charge in [-0.2, -0.15) is 0 Å². The summed E-state index contributed by atoms with van der Waals surface area (Å²) in [4.78, 5) is 18.7. The van der Waals surface area contributed by atoms with E-state index in [-0.39, 0.29) is 5.91 Å². The molecule has 1 aliphatic heterocycles. The van der Waals surface area contributed by atoms with Crippen molar-refractivity contribution in [3.63, 3.8) is 0 Å². The van der Waals surface area contributed by atoms with Crippen LogP contribution in [-0.2, 0) is 13.1 Å². The quantitative estimate of drug-likeness (QED) is 0.859. The molecule has 1 aromatic heterocycles. The predicted octanol–water partition coefficient (Wildman–Crippen LogP) is 1.56. The summed E-state index contributed by atoms with van der Waals surface area (Å²) in [5.41, 5.74) is 0.561. The van der Waals surface area contributed by atoms with Crippen molar-refractivity contribution < 1.29 is 14.3 Å². The molecule has 0 bridgehead atoms. The minimum absolute atomic E-state index is 0.0403. The van der Waals surface area contributed by atoms with Crippen LogP contribution in [0.15, 0.2) is 30.6 Å². The Morgan fingerprint density at radius 2 is 1.86 bits per heavy atom. The summed E-state index contributed by atoms with van der Waals surface area (Å²) in [7, 11) is 3.14. The standard InChI is InChI=1S/C15H17N3O3/c1-20-12-7-11(8-13(9-12)21-2)15(19)18-6-5-17-4-3-16-14(17)10-18/h3-4,7-9H,5-6,10H2,1-2H3. The van der Waals surface area contributed by atoms with E-state index in [0.29, 0.717) is 30.2 Å². The molecule has 2 aromatic rings. The number of imidazole rings is 1. The molecule has 6 heteroatoms. The van der Waals surface area contributed by atoms with Crippen LogP contribution in [0.2, 0.25) is 0 Å². The Balaban J connectivity index is 1.85. The number of nitrogens with zero attached hydrogens (tertiary/aromatic N) is 3. The highest BCUT2D eigenvalue weighted by molar-refractivity contribution is 5.95. The van der Waals surface area contributed by atoms with Crippen LogP contribution >= 0.6 is 0 Å². The number of hydrogen-bond acceptors (Lipinski definition) is 4. The van der Waals surface area contributed by atoms with E-state index in [2.05, 4.69) is 9.55 Å². The molecule has 1 aliphatic rings. The summed E-state index contributed by atoms with van der Waals surface area (Å²) < 4.78 is 12.5. The molecule has 0 aliphatic carbocycles. The lowest BCUT2D eigenvalue weighted by Gasteiger charge is -2.28. The average Bonchev–Trinajstić information content (AvgIpc) is 3.01. The average molecular weight is 287 g/mol. The third-order valence-electron chi connectivity index (χ3n) is 3.63. The van der Waals surface area contributed by atoms with Gasteiger partial charge < -0.3 is 18.9 Å². The van der Waals surface area contributed by atoms with Crippen LogP contribution in [-0.4, -0.2) is 41.1 Å². The van der Waals surface area contributed by atoms with Crippen LogP contribution in [0.3, 0.4) is 0 Å². The molecule has 0 saturated carbocycles. The fourth-order valence-corrected chi connectivity index (χ4v) is 2.46. The number of fused-ring (bicyclic) bond motifs is 1. The van der Waals surface area contributed by atoms with Crippen molar-refractivity contribution in [2.75, 3.05) is 20.8 Å². The molecule has 0 N–H and O–H groups in total. The topological polar surface area (TPSA) is 56.6 Å². The lowest BCUT2D eigenvalue weighted by Crippen LogP contribution is -2.38. The van der Waals surface area contributed by atoms with Crippen LogP contribution in [0.4, 0.5) is 0 Å². The molecule has 0 radical (unpaired) electrons. The summed E-state index contributed by atoms with van der Waals surface area (Å²) in [6, 6.07) is 5.21. The number of amides is 1. The molecular weight excluding hydrogens is 270 g/mol. The smallest absolute Gasteiger partial charge is 0.254 e. The zero-order valence-electron chi connectivity index (χ0n) is 12.1. The number of methoxy groups -OCH3 is 2. The second-order valence-corrected chi connectivity index (χ2v) is 4.86. The molecule has 1 amide bonds. The van der Waals surface area contributed by atoms with Gasteiger partial charge in [0.1, 0.15) is 17.3 Å². The maximum atomic E-state index is 12.6.